The number of carbonyl (C=O) groups excluding carboxylic acids is 2. The molecular formula is C14H10N2O5. The van der Waals surface area contributed by atoms with Crippen molar-refractivity contribution in [3.8, 4) is 0 Å². The van der Waals surface area contributed by atoms with Crippen molar-refractivity contribution in [2.45, 2.75) is 0 Å². The average Bonchev–Trinajstić information content (AvgIpc) is 3.11. The van der Waals surface area contributed by atoms with E-state index in [4.69, 9.17) is 9.15 Å². The zero-order chi connectivity index (χ0) is 14.8. The molecule has 21 heavy (non-hydrogen) atoms. The van der Waals surface area contributed by atoms with Crippen molar-refractivity contribution < 1.29 is 18.7 Å². The fraction of sp³-hybridized carbons (Fsp3) is 0.0714. The lowest BCUT2D eigenvalue weighted by molar-refractivity contribution is 0.0444. The van der Waals surface area contributed by atoms with Crippen molar-refractivity contribution in [3.63, 3.8) is 0 Å². The molecule has 2 heterocycles. The Morgan fingerprint density at radius 3 is 2.71 bits per heavy atom. The van der Waals surface area contributed by atoms with Gasteiger partial charge in [-0.15, -0.1) is 0 Å². The fourth-order valence-corrected chi connectivity index (χ4v) is 1.89. The second-order valence-electron chi connectivity index (χ2n) is 4.32. The molecule has 2 aromatic heterocycles. The van der Waals surface area contributed by atoms with Gasteiger partial charge in [0.25, 0.3) is 0 Å². The van der Waals surface area contributed by atoms with Gasteiger partial charge in [-0.3, -0.25) is 4.79 Å². The molecule has 2 N–H and O–H groups in total. The molecule has 3 rings (SSSR count). The highest BCUT2D eigenvalue weighted by molar-refractivity contribution is 6.01. The van der Waals surface area contributed by atoms with E-state index in [1.54, 1.807) is 18.2 Å². The molecule has 1 aromatic carbocycles. The van der Waals surface area contributed by atoms with E-state index >= 15 is 0 Å². The molecule has 0 atom stereocenters. The molecule has 0 amide bonds. The normalized spacial score (nSPS) is 10.7. The molecule has 0 bridgehead atoms. The molecule has 0 spiro atoms. The van der Waals surface area contributed by atoms with Gasteiger partial charge in [0, 0.05) is 5.56 Å². The smallest absolute Gasteiger partial charge is 0.374 e. The molecule has 3 aromatic rings. The molecule has 0 aliphatic carbocycles. The maximum Gasteiger partial charge on any atom is 0.374 e. The monoisotopic (exact) mass is 286 g/mol. The third-order valence-electron chi connectivity index (χ3n) is 2.89. The summed E-state index contributed by atoms with van der Waals surface area (Å²) in [6.07, 6.45) is 1.34. The number of hydrogen-bond donors (Lipinski definition) is 2. The number of ether oxygens (including phenoxy) is 1. The summed E-state index contributed by atoms with van der Waals surface area (Å²) in [6, 6.07) is 7.68. The molecule has 0 aliphatic rings. The molecule has 106 valence electrons. The summed E-state index contributed by atoms with van der Waals surface area (Å²) in [5.74, 6) is -1.04. The minimum Gasteiger partial charge on any atom is -0.457 e. The highest BCUT2D eigenvalue weighted by Gasteiger charge is 2.14. The summed E-state index contributed by atoms with van der Waals surface area (Å²) in [5.41, 5.74) is 1.11. The van der Waals surface area contributed by atoms with E-state index in [2.05, 4.69) is 9.97 Å². The number of imidazole rings is 1. The molecule has 7 heteroatoms. The Kier molecular flexibility index (Phi) is 3.15. The first-order valence-corrected chi connectivity index (χ1v) is 6.09. The summed E-state index contributed by atoms with van der Waals surface area (Å²) in [6.45, 7) is -0.403. The highest BCUT2D eigenvalue weighted by atomic mass is 16.5. The standard InChI is InChI=1S/C14H10N2O5/c17-11(7-21-13(18)12-2-1-5-20-12)8-3-4-9-10(6-8)16-14(19)15-9/h1-6H,7H2,(H2,15,16,19). The lowest BCUT2D eigenvalue weighted by Crippen LogP contribution is -2.13. The van der Waals surface area contributed by atoms with Crippen LogP contribution in [0.4, 0.5) is 0 Å². The number of aromatic amines is 2. The number of hydrogen-bond acceptors (Lipinski definition) is 5. The van der Waals surface area contributed by atoms with Crippen LogP contribution in [0.5, 0.6) is 0 Å². The van der Waals surface area contributed by atoms with Crippen molar-refractivity contribution in [2.75, 3.05) is 6.61 Å². The predicted molar refractivity (Wildman–Crippen MR) is 72.2 cm³/mol. The SMILES string of the molecule is O=C(COC(=O)c1ccco1)c1ccc2[nH]c(=O)[nH]c2c1. The number of carbonyl (C=O) groups is 2. The van der Waals surface area contributed by atoms with E-state index in [1.165, 1.54) is 18.4 Å². The van der Waals surface area contributed by atoms with Gasteiger partial charge in [0.05, 0.1) is 17.3 Å². The fourth-order valence-electron chi connectivity index (χ4n) is 1.89. The number of benzene rings is 1. The van der Waals surface area contributed by atoms with Crippen LogP contribution in [0.2, 0.25) is 0 Å². The van der Waals surface area contributed by atoms with Gasteiger partial charge in [-0.25, -0.2) is 9.59 Å². The van der Waals surface area contributed by atoms with Gasteiger partial charge in [-0.2, -0.15) is 0 Å². The molecule has 0 unspecified atom stereocenters. The first-order chi connectivity index (χ1) is 10.1. The van der Waals surface area contributed by atoms with Gasteiger partial charge in [-0.05, 0) is 30.3 Å². The lowest BCUT2D eigenvalue weighted by Gasteiger charge is -2.02. The van der Waals surface area contributed by atoms with Crippen LogP contribution < -0.4 is 5.69 Å². The Hall–Kier alpha value is -3.09. The summed E-state index contributed by atoms with van der Waals surface area (Å²) in [5, 5.41) is 0. The Morgan fingerprint density at radius 1 is 1.14 bits per heavy atom. The van der Waals surface area contributed by atoms with E-state index in [-0.39, 0.29) is 17.2 Å². The predicted octanol–water partition coefficient (Wildman–Crippen LogP) is 1.49. The van der Waals surface area contributed by atoms with Crippen LogP contribution in [-0.2, 0) is 4.74 Å². The van der Waals surface area contributed by atoms with Crippen LogP contribution in [0.25, 0.3) is 11.0 Å². The first-order valence-electron chi connectivity index (χ1n) is 6.09. The van der Waals surface area contributed by atoms with E-state index in [0.717, 1.165) is 0 Å². The molecule has 7 nitrogen and oxygen atoms in total. The van der Waals surface area contributed by atoms with E-state index in [1.807, 2.05) is 0 Å². The van der Waals surface area contributed by atoms with Crippen LogP contribution in [-0.4, -0.2) is 28.3 Å². The molecule has 0 saturated heterocycles. The number of furan rings is 1. The number of rotatable bonds is 4. The van der Waals surface area contributed by atoms with Crippen molar-refractivity contribution in [1.82, 2.24) is 9.97 Å². The van der Waals surface area contributed by atoms with Gasteiger partial charge in [-0.1, -0.05) is 0 Å². The van der Waals surface area contributed by atoms with Crippen LogP contribution >= 0.6 is 0 Å². The van der Waals surface area contributed by atoms with Crippen LogP contribution in [0.3, 0.4) is 0 Å². The first kappa shape index (κ1) is 12.9. The molecular weight excluding hydrogens is 276 g/mol. The second-order valence-corrected chi connectivity index (χ2v) is 4.32. The third-order valence-corrected chi connectivity index (χ3v) is 2.89. The van der Waals surface area contributed by atoms with Crippen LogP contribution in [0.15, 0.2) is 45.8 Å². The van der Waals surface area contributed by atoms with Crippen molar-refractivity contribution in [3.05, 3.63) is 58.4 Å². The number of fused-ring (bicyclic) bond motifs is 1. The maximum atomic E-state index is 12.0. The molecule has 0 fully saturated rings. The Balaban J connectivity index is 1.71. The van der Waals surface area contributed by atoms with Crippen molar-refractivity contribution in [2.24, 2.45) is 0 Å². The van der Waals surface area contributed by atoms with Crippen molar-refractivity contribution >= 4 is 22.8 Å². The number of ketones is 1. The quantitative estimate of drug-likeness (QED) is 0.558. The van der Waals surface area contributed by atoms with Gasteiger partial charge in [0.1, 0.15) is 0 Å². The average molecular weight is 286 g/mol. The summed E-state index contributed by atoms with van der Waals surface area (Å²) in [4.78, 5) is 39.8. The lowest BCUT2D eigenvalue weighted by atomic mass is 10.1. The number of Topliss-reactive ketones (excluding diaryl/α,β-unsaturated/α-hetero) is 1. The number of aromatic nitrogens is 2. The van der Waals surface area contributed by atoms with Gasteiger partial charge in [0.15, 0.2) is 12.4 Å². The van der Waals surface area contributed by atoms with Gasteiger partial charge < -0.3 is 19.1 Å². The second kappa shape index (κ2) is 5.12. The summed E-state index contributed by atoms with van der Waals surface area (Å²) < 4.78 is 9.72. The minimum absolute atomic E-state index is 0.0354. The number of H-pyrrole nitrogens is 2. The topological polar surface area (TPSA) is 105 Å². The minimum atomic E-state index is -0.704. The van der Waals surface area contributed by atoms with Gasteiger partial charge in [0.2, 0.25) is 5.76 Å². The van der Waals surface area contributed by atoms with Crippen LogP contribution in [0.1, 0.15) is 20.9 Å². The molecule has 0 saturated carbocycles. The number of esters is 1. The highest BCUT2D eigenvalue weighted by Crippen LogP contribution is 2.11. The molecule has 0 aliphatic heterocycles. The zero-order valence-corrected chi connectivity index (χ0v) is 10.7. The number of nitrogens with one attached hydrogen (secondary N) is 2. The summed E-state index contributed by atoms with van der Waals surface area (Å²) >= 11 is 0. The third kappa shape index (κ3) is 2.62. The Labute approximate surface area is 117 Å². The van der Waals surface area contributed by atoms with Gasteiger partial charge >= 0.3 is 11.7 Å². The zero-order valence-electron chi connectivity index (χ0n) is 10.7. The van der Waals surface area contributed by atoms with Crippen molar-refractivity contribution in [1.29, 1.82) is 0 Å². The molecule has 0 radical (unpaired) electrons. The van der Waals surface area contributed by atoms with Crippen LogP contribution in [0, 0.1) is 0 Å². The largest absolute Gasteiger partial charge is 0.457 e. The maximum absolute atomic E-state index is 12.0. The Bertz CT molecular complexity index is 857. The summed E-state index contributed by atoms with van der Waals surface area (Å²) in [7, 11) is 0. The Morgan fingerprint density at radius 2 is 1.95 bits per heavy atom. The van der Waals surface area contributed by atoms with E-state index in [0.29, 0.717) is 16.6 Å². The van der Waals surface area contributed by atoms with E-state index in [9.17, 15) is 14.4 Å². The van der Waals surface area contributed by atoms with E-state index < -0.39 is 12.6 Å².